The molecule has 9 nitrogen and oxygen atoms in total. The van der Waals surface area contributed by atoms with Gasteiger partial charge in [-0.1, -0.05) is 18.0 Å². The molecule has 0 unspecified atom stereocenters. The Balaban J connectivity index is 1.33. The van der Waals surface area contributed by atoms with Crippen molar-refractivity contribution in [3.05, 3.63) is 35.5 Å². The fraction of sp³-hybridized carbons (Fsp3) is 0.609. The quantitative estimate of drug-likeness (QED) is 0.687. The summed E-state index contributed by atoms with van der Waals surface area (Å²) in [4.78, 5) is 19.8. The molecule has 2 aromatic rings. The van der Waals surface area contributed by atoms with Crippen LogP contribution in [0.25, 0.3) is 0 Å². The van der Waals surface area contributed by atoms with Crippen LogP contribution in [0.2, 0.25) is 0 Å². The summed E-state index contributed by atoms with van der Waals surface area (Å²) < 4.78 is 32.7. The standard InChI is InChI=1S/C23H31N5O4S/c1-17-25-22(26-32-17)23(10-2-3-11-23)24-16-21(29)28-14-6-7-18-15-19(8-9-20(18)28)33(30,31)27-12-4-5-13-27/h8-9,15,24H,2-7,10-14,16H2,1H3. The Morgan fingerprint density at radius 2 is 1.88 bits per heavy atom. The van der Waals surface area contributed by atoms with Gasteiger partial charge in [-0.3, -0.25) is 10.1 Å². The third-order valence-corrected chi connectivity index (χ3v) is 9.06. The van der Waals surface area contributed by atoms with Crippen LogP contribution in [0, 0.1) is 6.92 Å². The Morgan fingerprint density at radius 3 is 2.58 bits per heavy atom. The van der Waals surface area contributed by atoms with E-state index in [1.165, 1.54) is 0 Å². The number of sulfonamides is 1. The fourth-order valence-corrected chi connectivity index (χ4v) is 6.93. The summed E-state index contributed by atoms with van der Waals surface area (Å²) >= 11 is 0. The Labute approximate surface area is 194 Å². The molecule has 2 aliphatic heterocycles. The first kappa shape index (κ1) is 22.5. The van der Waals surface area contributed by atoms with Crippen molar-refractivity contribution in [2.24, 2.45) is 0 Å². The number of amides is 1. The molecule has 3 aliphatic rings. The minimum atomic E-state index is -3.47. The zero-order chi connectivity index (χ0) is 23.1. The monoisotopic (exact) mass is 473 g/mol. The lowest BCUT2D eigenvalue weighted by Gasteiger charge is -2.32. The molecule has 33 heavy (non-hydrogen) atoms. The molecule has 3 heterocycles. The normalized spacial score (nSPS) is 20.8. The number of aryl methyl sites for hydroxylation is 2. The van der Waals surface area contributed by atoms with E-state index in [9.17, 15) is 13.2 Å². The largest absolute Gasteiger partial charge is 0.340 e. The lowest BCUT2D eigenvalue weighted by Crippen LogP contribution is -2.48. The second kappa shape index (κ2) is 8.81. The Kier molecular flexibility index (Phi) is 6.00. The van der Waals surface area contributed by atoms with E-state index < -0.39 is 15.6 Å². The maximum absolute atomic E-state index is 13.3. The molecule has 1 amide bonds. The molecule has 1 saturated carbocycles. The fourth-order valence-electron chi connectivity index (χ4n) is 5.36. The van der Waals surface area contributed by atoms with Gasteiger partial charge in [0.1, 0.15) is 0 Å². The lowest BCUT2D eigenvalue weighted by atomic mass is 9.96. The number of carbonyl (C=O) groups excluding carboxylic acids is 1. The van der Waals surface area contributed by atoms with Crippen LogP contribution in [0.5, 0.6) is 0 Å². The molecule has 0 bridgehead atoms. The van der Waals surface area contributed by atoms with Crippen molar-refractivity contribution in [3.8, 4) is 0 Å². The average Bonchev–Trinajstić information content (AvgIpc) is 3.59. The Bertz CT molecular complexity index is 1130. The number of hydrogen-bond acceptors (Lipinski definition) is 7. The topological polar surface area (TPSA) is 109 Å². The summed E-state index contributed by atoms with van der Waals surface area (Å²) in [5, 5.41) is 7.57. The van der Waals surface area contributed by atoms with Gasteiger partial charge >= 0.3 is 0 Å². The second-order valence-corrected chi connectivity index (χ2v) is 11.3. The van der Waals surface area contributed by atoms with Gasteiger partial charge in [-0.2, -0.15) is 9.29 Å². The molecule has 1 N–H and O–H groups in total. The number of nitrogens with zero attached hydrogens (tertiary/aromatic N) is 4. The number of benzene rings is 1. The molecular formula is C23H31N5O4S. The summed E-state index contributed by atoms with van der Waals surface area (Å²) in [7, 11) is -3.47. The number of anilines is 1. The van der Waals surface area contributed by atoms with Gasteiger partial charge in [0.05, 0.1) is 17.0 Å². The van der Waals surface area contributed by atoms with Crippen LogP contribution in [0.1, 0.15) is 62.2 Å². The molecule has 0 spiro atoms. The van der Waals surface area contributed by atoms with Gasteiger partial charge in [0.15, 0.2) is 5.82 Å². The zero-order valence-electron chi connectivity index (χ0n) is 19.0. The second-order valence-electron chi connectivity index (χ2n) is 9.33. The van der Waals surface area contributed by atoms with Gasteiger partial charge in [-0.25, -0.2) is 8.42 Å². The average molecular weight is 474 g/mol. The predicted molar refractivity (Wildman–Crippen MR) is 122 cm³/mol. The van der Waals surface area contributed by atoms with E-state index in [-0.39, 0.29) is 12.5 Å². The maximum atomic E-state index is 13.3. The molecule has 10 heteroatoms. The summed E-state index contributed by atoms with van der Waals surface area (Å²) in [5.41, 5.74) is 1.29. The highest BCUT2D eigenvalue weighted by Gasteiger charge is 2.40. The molecule has 1 saturated heterocycles. The highest BCUT2D eigenvalue weighted by molar-refractivity contribution is 7.89. The van der Waals surface area contributed by atoms with Gasteiger partial charge < -0.3 is 9.42 Å². The van der Waals surface area contributed by atoms with Gasteiger partial charge in [-0.05, 0) is 62.3 Å². The first-order valence-corrected chi connectivity index (χ1v) is 13.3. The van der Waals surface area contributed by atoms with Crippen molar-refractivity contribution in [2.75, 3.05) is 31.1 Å². The summed E-state index contributed by atoms with van der Waals surface area (Å²) in [5.74, 6) is 1.12. The predicted octanol–water partition coefficient (Wildman–Crippen LogP) is 2.50. The number of carbonyl (C=O) groups is 1. The van der Waals surface area contributed by atoms with Crippen LogP contribution < -0.4 is 10.2 Å². The molecule has 0 radical (unpaired) electrons. The van der Waals surface area contributed by atoms with E-state index in [0.717, 1.165) is 62.6 Å². The van der Waals surface area contributed by atoms with Crippen molar-refractivity contribution in [3.63, 3.8) is 0 Å². The molecular weight excluding hydrogens is 442 g/mol. The SMILES string of the molecule is Cc1nc(C2(NCC(=O)N3CCCc4cc(S(=O)(=O)N5CCCC5)ccc43)CCCC2)no1. The van der Waals surface area contributed by atoms with Crippen LogP contribution in [0.4, 0.5) is 5.69 Å². The Morgan fingerprint density at radius 1 is 1.12 bits per heavy atom. The minimum absolute atomic E-state index is 0.0300. The molecule has 178 valence electrons. The van der Waals surface area contributed by atoms with E-state index in [4.69, 9.17) is 4.52 Å². The molecule has 1 aromatic heterocycles. The van der Waals surface area contributed by atoms with Crippen molar-refractivity contribution >= 4 is 21.6 Å². The van der Waals surface area contributed by atoms with E-state index >= 15 is 0 Å². The van der Waals surface area contributed by atoms with Gasteiger partial charge in [0, 0.05) is 32.2 Å². The van der Waals surface area contributed by atoms with E-state index in [1.807, 2.05) is 0 Å². The third kappa shape index (κ3) is 4.20. The third-order valence-electron chi connectivity index (χ3n) is 7.16. The first-order chi connectivity index (χ1) is 15.9. The number of nitrogens with one attached hydrogen (secondary N) is 1. The highest BCUT2D eigenvalue weighted by Crippen LogP contribution is 2.37. The van der Waals surface area contributed by atoms with E-state index in [0.29, 0.717) is 36.2 Å². The van der Waals surface area contributed by atoms with Crippen molar-refractivity contribution in [1.29, 1.82) is 0 Å². The first-order valence-electron chi connectivity index (χ1n) is 11.9. The minimum Gasteiger partial charge on any atom is -0.340 e. The summed E-state index contributed by atoms with van der Waals surface area (Å²) in [6.07, 6.45) is 7.23. The van der Waals surface area contributed by atoms with E-state index in [2.05, 4.69) is 15.5 Å². The van der Waals surface area contributed by atoms with Crippen LogP contribution in [-0.4, -0.2) is 54.9 Å². The zero-order valence-corrected chi connectivity index (χ0v) is 19.9. The van der Waals surface area contributed by atoms with E-state index in [1.54, 1.807) is 34.3 Å². The number of rotatable bonds is 6. The number of hydrogen-bond donors (Lipinski definition) is 1. The highest BCUT2D eigenvalue weighted by atomic mass is 32.2. The maximum Gasteiger partial charge on any atom is 0.243 e. The van der Waals surface area contributed by atoms with Crippen molar-refractivity contribution in [1.82, 2.24) is 19.8 Å². The Hall–Kier alpha value is -2.30. The summed E-state index contributed by atoms with van der Waals surface area (Å²) in [6.45, 7) is 3.72. The molecule has 2 fully saturated rings. The number of aromatic nitrogens is 2. The van der Waals surface area contributed by atoms with Crippen LogP contribution in [-0.2, 0) is 26.8 Å². The van der Waals surface area contributed by atoms with Crippen LogP contribution >= 0.6 is 0 Å². The molecule has 1 aliphatic carbocycles. The molecule has 0 atom stereocenters. The van der Waals surface area contributed by atoms with Gasteiger partial charge in [-0.15, -0.1) is 0 Å². The van der Waals surface area contributed by atoms with Gasteiger partial charge in [0.2, 0.25) is 21.8 Å². The van der Waals surface area contributed by atoms with Gasteiger partial charge in [0.25, 0.3) is 0 Å². The van der Waals surface area contributed by atoms with Crippen molar-refractivity contribution < 1.29 is 17.7 Å². The van der Waals surface area contributed by atoms with Crippen LogP contribution in [0.15, 0.2) is 27.6 Å². The van der Waals surface area contributed by atoms with Crippen LogP contribution in [0.3, 0.4) is 0 Å². The molecule has 1 aromatic carbocycles. The van der Waals surface area contributed by atoms with Crippen molar-refractivity contribution in [2.45, 2.75) is 68.7 Å². The number of fused-ring (bicyclic) bond motifs is 1. The summed E-state index contributed by atoms with van der Waals surface area (Å²) in [6, 6.07) is 5.20. The lowest BCUT2D eigenvalue weighted by molar-refractivity contribution is -0.118. The smallest absolute Gasteiger partial charge is 0.243 e. The molecule has 5 rings (SSSR count).